The van der Waals surface area contributed by atoms with Crippen molar-refractivity contribution < 1.29 is 0 Å². The molecule has 2 nitrogen and oxygen atoms in total. The fourth-order valence-corrected chi connectivity index (χ4v) is 9.24. The minimum atomic E-state index is -0.411. The average molecular weight is 675 g/mol. The lowest BCUT2D eigenvalue weighted by atomic mass is 9.70. The van der Waals surface area contributed by atoms with Crippen molar-refractivity contribution >= 4 is 50.0 Å². The maximum atomic E-state index is 3.70. The number of nitrogens with one attached hydrogen (secondary N) is 1. The SMILES string of the molecule is c1ccc2c(c1)-c1ccccc1C21c2ccccc2-c2ccc(N(c3ccc(Nc4cccc5ccccc45)cc3)c3cccc4ccccc34)cc21. The van der Waals surface area contributed by atoms with Crippen molar-refractivity contribution in [3.63, 3.8) is 0 Å². The molecule has 1 spiro atoms. The van der Waals surface area contributed by atoms with Gasteiger partial charge in [0, 0.05) is 33.5 Å². The summed E-state index contributed by atoms with van der Waals surface area (Å²) in [6, 6.07) is 73.4. The Hall–Kier alpha value is -6.90. The van der Waals surface area contributed by atoms with Gasteiger partial charge in [-0.2, -0.15) is 0 Å². The zero-order chi connectivity index (χ0) is 34.9. The Labute approximate surface area is 309 Å². The van der Waals surface area contributed by atoms with E-state index >= 15 is 0 Å². The molecule has 0 radical (unpaired) electrons. The Kier molecular flexibility index (Phi) is 6.50. The Morgan fingerprint density at radius 3 is 1.51 bits per heavy atom. The van der Waals surface area contributed by atoms with Crippen LogP contribution in [0.15, 0.2) is 200 Å². The van der Waals surface area contributed by atoms with Gasteiger partial charge in [-0.15, -0.1) is 0 Å². The molecular weight excluding hydrogens is 641 g/mol. The third-order valence-electron chi connectivity index (χ3n) is 11.4. The molecule has 11 rings (SSSR count). The van der Waals surface area contributed by atoms with E-state index in [-0.39, 0.29) is 0 Å². The summed E-state index contributed by atoms with van der Waals surface area (Å²) in [5, 5.41) is 8.56. The van der Waals surface area contributed by atoms with Crippen LogP contribution in [0.2, 0.25) is 0 Å². The molecule has 0 unspecified atom stereocenters. The van der Waals surface area contributed by atoms with Crippen LogP contribution in [-0.2, 0) is 5.41 Å². The average Bonchev–Trinajstić information content (AvgIpc) is 3.69. The van der Waals surface area contributed by atoms with Crippen molar-refractivity contribution in [1.29, 1.82) is 0 Å². The lowest BCUT2D eigenvalue weighted by molar-refractivity contribution is 0.793. The molecule has 0 aliphatic heterocycles. The predicted molar refractivity (Wildman–Crippen MR) is 222 cm³/mol. The van der Waals surface area contributed by atoms with E-state index in [9.17, 15) is 0 Å². The van der Waals surface area contributed by atoms with Gasteiger partial charge >= 0.3 is 0 Å². The number of anilines is 5. The summed E-state index contributed by atoms with van der Waals surface area (Å²) in [6.07, 6.45) is 0. The Morgan fingerprint density at radius 1 is 0.358 bits per heavy atom. The first-order chi connectivity index (χ1) is 26.3. The first kappa shape index (κ1) is 29.8. The zero-order valence-corrected chi connectivity index (χ0v) is 29.0. The lowest BCUT2D eigenvalue weighted by Gasteiger charge is -2.32. The lowest BCUT2D eigenvalue weighted by Crippen LogP contribution is -2.26. The molecule has 248 valence electrons. The monoisotopic (exact) mass is 674 g/mol. The van der Waals surface area contributed by atoms with E-state index < -0.39 is 5.41 Å². The number of rotatable bonds is 5. The molecule has 0 amide bonds. The molecule has 0 saturated heterocycles. The minimum absolute atomic E-state index is 0.411. The van der Waals surface area contributed by atoms with Crippen LogP contribution < -0.4 is 10.2 Å². The molecule has 0 aromatic heterocycles. The van der Waals surface area contributed by atoms with Gasteiger partial charge < -0.3 is 10.2 Å². The molecule has 0 heterocycles. The van der Waals surface area contributed by atoms with Gasteiger partial charge in [0.25, 0.3) is 0 Å². The Morgan fingerprint density at radius 2 is 0.849 bits per heavy atom. The van der Waals surface area contributed by atoms with Crippen molar-refractivity contribution in [2.45, 2.75) is 5.41 Å². The fraction of sp³-hybridized carbons (Fsp3) is 0.0196. The summed E-state index contributed by atoms with van der Waals surface area (Å²) >= 11 is 0. The predicted octanol–water partition coefficient (Wildman–Crippen LogP) is 13.5. The molecule has 2 aliphatic rings. The van der Waals surface area contributed by atoms with Crippen LogP contribution in [0.1, 0.15) is 22.3 Å². The molecule has 0 atom stereocenters. The zero-order valence-electron chi connectivity index (χ0n) is 29.0. The fourth-order valence-electron chi connectivity index (χ4n) is 9.24. The molecule has 2 heteroatoms. The molecule has 0 saturated carbocycles. The van der Waals surface area contributed by atoms with E-state index in [0.29, 0.717) is 0 Å². The van der Waals surface area contributed by atoms with Crippen molar-refractivity contribution in [3.8, 4) is 22.3 Å². The second-order valence-electron chi connectivity index (χ2n) is 14.1. The van der Waals surface area contributed by atoms with Gasteiger partial charge in [0.15, 0.2) is 0 Å². The van der Waals surface area contributed by atoms with E-state index in [1.807, 2.05) is 0 Å². The van der Waals surface area contributed by atoms with Crippen LogP contribution in [0.4, 0.5) is 28.4 Å². The highest BCUT2D eigenvalue weighted by molar-refractivity contribution is 6.01. The van der Waals surface area contributed by atoms with Crippen LogP contribution in [0.25, 0.3) is 43.8 Å². The quantitative estimate of drug-likeness (QED) is 0.195. The topological polar surface area (TPSA) is 15.3 Å². The summed E-state index contributed by atoms with van der Waals surface area (Å²) in [5.74, 6) is 0. The molecule has 53 heavy (non-hydrogen) atoms. The van der Waals surface area contributed by atoms with Crippen molar-refractivity contribution in [2.75, 3.05) is 10.2 Å². The van der Waals surface area contributed by atoms with Gasteiger partial charge in [-0.25, -0.2) is 0 Å². The third kappa shape index (κ3) is 4.33. The molecule has 9 aromatic carbocycles. The van der Waals surface area contributed by atoms with E-state index in [1.54, 1.807) is 0 Å². The third-order valence-corrected chi connectivity index (χ3v) is 11.4. The number of hydrogen-bond acceptors (Lipinski definition) is 2. The molecule has 0 fully saturated rings. The highest BCUT2D eigenvalue weighted by atomic mass is 15.1. The normalized spacial score (nSPS) is 13.1. The number of nitrogens with zero attached hydrogens (tertiary/aromatic N) is 1. The molecule has 1 N–H and O–H groups in total. The summed E-state index contributed by atoms with van der Waals surface area (Å²) in [7, 11) is 0. The van der Waals surface area contributed by atoms with Crippen LogP contribution in [0.5, 0.6) is 0 Å². The number of hydrogen-bond donors (Lipinski definition) is 1. The van der Waals surface area contributed by atoms with Gasteiger partial charge in [0.05, 0.1) is 11.1 Å². The van der Waals surface area contributed by atoms with Crippen molar-refractivity contribution in [2.24, 2.45) is 0 Å². The van der Waals surface area contributed by atoms with Gasteiger partial charge in [-0.05, 0) is 104 Å². The summed E-state index contributed by atoms with van der Waals surface area (Å²) in [4.78, 5) is 2.44. The molecular formula is C51H34N2. The van der Waals surface area contributed by atoms with Gasteiger partial charge in [-0.3, -0.25) is 0 Å². The first-order valence-corrected chi connectivity index (χ1v) is 18.4. The molecule has 0 bridgehead atoms. The van der Waals surface area contributed by atoms with Crippen LogP contribution in [-0.4, -0.2) is 0 Å². The smallest absolute Gasteiger partial charge is 0.0726 e. The van der Waals surface area contributed by atoms with E-state index in [2.05, 4.69) is 210 Å². The van der Waals surface area contributed by atoms with Gasteiger partial charge in [0.2, 0.25) is 0 Å². The highest BCUT2D eigenvalue weighted by Crippen LogP contribution is 2.63. The summed E-state index contributed by atoms with van der Waals surface area (Å²) in [5.41, 5.74) is 15.7. The van der Waals surface area contributed by atoms with Crippen LogP contribution in [0, 0.1) is 0 Å². The molecule has 9 aromatic rings. The minimum Gasteiger partial charge on any atom is -0.355 e. The number of fused-ring (bicyclic) bond motifs is 12. The van der Waals surface area contributed by atoms with E-state index in [1.165, 1.54) is 66.1 Å². The first-order valence-electron chi connectivity index (χ1n) is 18.4. The van der Waals surface area contributed by atoms with E-state index in [0.717, 1.165) is 28.4 Å². The second-order valence-corrected chi connectivity index (χ2v) is 14.1. The van der Waals surface area contributed by atoms with Crippen molar-refractivity contribution in [3.05, 3.63) is 222 Å². The van der Waals surface area contributed by atoms with Gasteiger partial charge in [-0.1, -0.05) is 152 Å². The van der Waals surface area contributed by atoms with Crippen LogP contribution >= 0.6 is 0 Å². The summed E-state index contributed by atoms with van der Waals surface area (Å²) in [6.45, 7) is 0. The summed E-state index contributed by atoms with van der Waals surface area (Å²) < 4.78 is 0. The standard InChI is InChI=1S/C51H34N2/c1-3-17-39-34(13-1)15-11-25-49(39)52-36-27-29-37(30-28-36)53(50-26-12-16-35-14-2-4-18-40(35)50)38-31-32-44-43-21-7-10-24-47(43)51(48(44)33-38)45-22-8-5-19-41(45)42-20-6-9-23-46(42)51/h1-33,52H. The highest BCUT2D eigenvalue weighted by Gasteiger charge is 2.51. The number of benzene rings is 9. The Balaban J connectivity index is 1.11. The largest absolute Gasteiger partial charge is 0.355 e. The maximum Gasteiger partial charge on any atom is 0.0726 e. The van der Waals surface area contributed by atoms with E-state index in [4.69, 9.17) is 0 Å². The van der Waals surface area contributed by atoms with Gasteiger partial charge in [0.1, 0.15) is 0 Å². The maximum absolute atomic E-state index is 3.70. The van der Waals surface area contributed by atoms with Crippen molar-refractivity contribution in [1.82, 2.24) is 0 Å². The van der Waals surface area contributed by atoms with Crippen LogP contribution in [0.3, 0.4) is 0 Å². The Bertz CT molecular complexity index is 2810. The second kappa shape index (κ2) is 11.6. The molecule has 2 aliphatic carbocycles.